The van der Waals surface area contributed by atoms with E-state index >= 15 is 0 Å². The van der Waals surface area contributed by atoms with E-state index in [2.05, 4.69) is 43.1 Å². The van der Waals surface area contributed by atoms with E-state index < -0.39 is 0 Å². The third-order valence-corrected chi connectivity index (χ3v) is 4.99. The molecule has 0 spiro atoms. The molecule has 2 heterocycles. The SMILES string of the molecule is Cc1ccc(C2CSCC(C)CN2)s1. The van der Waals surface area contributed by atoms with Crippen LogP contribution in [0.3, 0.4) is 0 Å². The second-order valence-electron chi connectivity index (χ2n) is 4.05. The number of nitrogens with one attached hydrogen (secondary N) is 1. The molecule has 1 aliphatic heterocycles. The fourth-order valence-electron chi connectivity index (χ4n) is 1.67. The van der Waals surface area contributed by atoms with Crippen LogP contribution in [0.4, 0.5) is 0 Å². The minimum Gasteiger partial charge on any atom is -0.308 e. The van der Waals surface area contributed by atoms with Crippen LogP contribution in [0.1, 0.15) is 22.7 Å². The monoisotopic (exact) mass is 227 g/mol. The van der Waals surface area contributed by atoms with E-state index in [1.165, 1.54) is 21.3 Å². The van der Waals surface area contributed by atoms with Crippen LogP contribution < -0.4 is 5.32 Å². The lowest BCUT2D eigenvalue weighted by molar-refractivity contribution is 0.522. The van der Waals surface area contributed by atoms with Crippen molar-refractivity contribution in [2.45, 2.75) is 19.9 Å². The fourth-order valence-corrected chi connectivity index (χ4v) is 3.92. The van der Waals surface area contributed by atoms with Gasteiger partial charge in [0.2, 0.25) is 0 Å². The summed E-state index contributed by atoms with van der Waals surface area (Å²) in [5.41, 5.74) is 0. The Kier molecular flexibility index (Phi) is 3.52. The molecule has 1 aromatic rings. The largest absolute Gasteiger partial charge is 0.308 e. The predicted octanol–water partition coefficient (Wildman–Crippen LogP) is 3.07. The van der Waals surface area contributed by atoms with Gasteiger partial charge in [0.1, 0.15) is 0 Å². The number of hydrogen-bond acceptors (Lipinski definition) is 3. The average Bonchev–Trinajstić information content (AvgIpc) is 2.46. The van der Waals surface area contributed by atoms with Crippen molar-refractivity contribution in [3.63, 3.8) is 0 Å². The van der Waals surface area contributed by atoms with Crippen molar-refractivity contribution >= 4 is 23.1 Å². The first kappa shape index (κ1) is 10.5. The van der Waals surface area contributed by atoms with Crippen LogP contribution in [-0.4, -0.2) is 18.1 Å². The molecule has 1 fully saturated rings. The maximum Gasteiger partial charge on any atom is 0.0506 e. The summed E-state index contributed by atoms with van der Waals surface area (Å²) in [5, 5.41) is 3.65. The summed E-state index contributed by atoms with van der Waals surface area (Å²) < 4.78 is 0. The van der Waals surface area contributed by atoms with Crippen LogP contribution in [0, 0.1) is 12.8 Å². The topological polar surface area (TPSA) is 12.0 Å². The zero-order chi connectivity index (χ0) is 9.97. The van der Waals surface area contributed by atoms with E-state index in [0.29, 0.717) is 6.04 Å². The Morgan fingerprint density at radius 3 is 2.93 bits per heavy atom. The first-order valence-corrected chi connectivity index (χ1v) is 7.10. The Balaban J connectivity index is 2.04. The molecule has 2 unspecified atom stereocenters. The van der Waals surface area contributed by atoms with Crippen molar-refractivity contribution in [2.24, 2.45) is 5.92 Å². The fraction of sp³-hybridized carbons (Fsp3) is 0.636. The van der Waals surface area contributed by atoms with E-state index in [-0.39, 0.29) is 0 Å². The van der Waals surface area contributed by atoms with Gasteiger partial charge in [-0.1, -0.05) is 6.92 Å². The van der Waals surface area contributed by atoms with Crippen molar-refractivity contribution in [3.05, 3.63) is 21.9 Å². The molecule has 1 nitrogen and oxygen atoms in total. The molecule has 1 aliphatic rings. The van der Waals surface area contributed by atoms with Gasteiger partial charge in [0.05, 0.1) is 6.04 Å². The highest BCUT2D eigenvalue weighted by molar-refractivity contribution is 7.99. The first-order valence-electron chi connectivity index (χ1n) is 5.13. The zero-order valence-corrected chi connectivity index (χ0v) is 10.4. The highest BCUT2D eigenvalue weighted by Gasteiger charge is 2.18. The lowest BCUT2D eigenvalue weighted by Crippen LogP contribution is -2.24. The Morgan fingerprint density at radius 1 is 1.36 bits per heavy atom. The molecule has 1 saturated heterocycles. The summed E-state index contributed by atoms with van der Waals surface area (Å²) in [6.07, 6.45) is 0. The van der Waals surface area contributed by atoms with Crippen LogP contribution in [0.2, 0.25) is 0 Å². The van der Waals surface area contributed by atoms with E-state index in [0.717, 1.165) is 12.5 Å². The van der Waals surface area contributed by atoms with Gasteiger partial charge < -0.3 is 5.32 Å². The van der Waals surface area contributed by atoms with Crippen LogP contribution in [0.15, 0.2) is 12.1 Å². The van der Waals surface area contributed by atoms with Gasteiger partial charge in [-0.3, -0.25) is 0 Å². The standard InChI is InChI=1S/C11H17NS2/c1-8-5-12-10(7-13-6-8)11-4-3-9(2)14-11/h3-4,8,10,12H,5-7H2,1-2H3. The van der Waals surface area contributed by atoms with Gasteiger partial charge in [0.25, 0.3) is 0 Å². The lowest BCUT2D eigenvalue weighted by Gasteiger charge is -2.13. The molecule has 2 atom stereocenters. The van der Waals surface area contributed by atoms with Crippen LogP contribution in [0.25, 0.3) is 0 Å². The van der Waals surface area contributed by atoms with Gasteiger partial charge in [-0.15, -0.1) is 11.3 Å². The number of rotatable bonds is 1. The van der Waals surface area contributed by atoms with Crippen molar-refractivity contribution in [1.82, 2.24) is 5.32 Å². The molecule has 1 aromatic heterocycles. The molecule has 78 valence electrons. The van der Waals surface area contributed by atoms with E-state index in [9.17, 15) is 0 Å². The molecule has 14 heavy (non-hydrogen) atoms. The van der Waals surface area contributed by atoms with Crippen molar-refractivity contribution in [3.8, 4) is 0 Å². The summed E-state index contributed by atoms with van der Waals surface area (Å²) in [6, 6.07) is 5.08. The van der Waals surface area contributed by atoms with Crippen molar-refractivity contribution in [1.29, 1.82) is 0 Å². The molecule has 0 amide bonds. The normalized spacial score (nSPS) is 28.7. The Bertz CT molecular complexity index is 295. The highest BCUT2D eigenvalue weighted by atomic mass is 32.2. The number of hydrogen-bond donors (Lipinski definition) is 1. The summed E-state index contributed by atoms with van der Waals surface area (Å²) in [6.45, 7) is 5.66. The Morgan fingerprint density at radius 2 is 2.21 bits per heavy atom. The molecule has 1 N–H and O–H groups in total. The summed E-state index contributed by atoms with van der Waals surface area (Å²) in [7, 11) is 0. The highest BCUT2D eigenvalue weighted by Crippen LogP contribution is 2.28. The van der Waals surface area contributed by atoms with Gasteiger partial charge in [-0.25, -0.2) is 0 Å². The smallest absolute Gasteiger partial charge is 0.0506 e. The van der Waals surface area contributed by atoms with Gasteiger partial charge >= 0.3 is 0 Å². The predicted molar refractivity (Wildman–Crippen MR) is 66.3 cm³/mol. The minimum absolute atomic E-state index is 0.587. The molecule has 3 heteroatoms. The summed E-state index contributed by atoms with van der Waals surface area (Å²) in [4.78, 5) is 2.92. The molecule has 0 aliphatic carbocycles. The van der Waals surface area contributed by atoms with E-state index in [1.807, 2.05) is 11.3 Å². The van der Waals surface area contributed by atoms with E-state index in [1.54, 1.807) is 0 Å². The summed E-state index contributed by atoms with van der Waals surface area (Å²) in [5.74, 6) is 3.34. The second kappa shape index (κ2) is 4.69. The van der Waals surface area contributed by atoms with Crippen LogP contribution >= 0.6 is 23.1 Å². The Hall–Kier alpha value is 0.01000. The lowest BCUT2D eigenvalue weighted by atomic mass is 10.2. The second-order valence-corrected chi connectivity index (χ2v) is 6.45. The third-order valence-electron chi connectivity index (χ3n) is 2.50. The number of aryl methyl sites for hydroxylation is 1. The maximum atomic E-state index is 3.65. The quantitative estimate of drug-likeness (QED) is 0.791. The van der Waals surface area contributed by atoms with E-state index in [4.69, 9.17) is 0 Å². The summed E-state index contributed by atoms with van der Waals surface area (Å²) >= 11 is 4.01. The average molecular weight is 227 g/mol. The molecule has 0 radical (unpaired) electrons. The van der Waals surface area contributed by atoms with Gasteiger partial charge in [0, 0.05) is 15.5 Å². The first-order chi connectivity index (χ1) is 6.75. The van der Waals surface area contributed by atoms with Gasteiger partial charge in [0.15, 0.2) is 0 Å². The molecule has 0 aromatic carbocycles. The number of thiophene rings is 1. The van der Waals surface area contributed by atoms with Crippen molar-refractivity contribution < 1.29 is 0 Å². The maximum absolute atomic E-state index is 3.65. The molecular formula is C11H17NS2. The van der Waals surface area contributed by atoms with Gasteiger partial charge in [-0.2, -0.15) is 11.8 Å². The Labute approximate surface area is 94.3 Å². The molecule has 2 rings (SSSR count). The number of thioether (sulfide) groups is 1. The van der Waals surface area contributed by atoms with Crippen LogP contribution in [0.5, 0.6) is 0 Å². The third kappa shape index (κ3) is 2.53. The molecule has 0 saturated carbocycles. The van der Waals surface area contributed by atoms with Crippen LogP contribution in [-0.2, 0) is 0 Å². The zero-order valence-electron chi connectivity index (χ0n) is 8.75. The minimum atomic E-state index is 0.587. The van der Waals surface area contributed by atoms with Gasteiger partial charge in [-0.05, 0) is 37.3 Å². The molecule has 0 bridgehead atoms. The molecular weight excluding hydrogens is 210 g/mol. The van der Waals surface area contributed by atoms with Crippen molar-refractivity contribution in [2.75, 3.05) is 18.1 Å².